The lowest BCUT2D eigenvalue weighted by atomic mass is 10.0. The molecular formula is C20H24N4O5. The fraction of sp³-hybridized carbons (Fsp3) is 0.500. The Morgan fingerprint density at radius 1 is 1.10 bits per heavy atom. The maximum atomic E-state index is 12.8. The van der Waals surface area contributed by atoms with Gasteiger partial charge in [0, 0.05) is 26.1 Å². The van der Waals surface area contributed by atoms with Crippen LogP contribution in [0.3, 0.4) is 0 Å². The number of piperidine rings is 1. The standard InChI is InChI=1S/C20H24N4O5/c25-17-4-3-16(18(26)23-17)24-19(27)14-2-1-12(9-15(14)20(24)28)10-22-7-8-29-13-5-6-21-11-13/h1-2,9,13,16,21-22H,3-8,10-11H2,(H,23,25,26). The Balaban J connectivity index is 1.35. The van der Waals surface area contributed by atoms with Gasteiger partial charge >= 0.3 is 0 Å². The maximum Gasteiger partial charge on any atom is 0.262 e. The molecule has 0 radical (unpaired) electrons. The molecule has 9 heteroatoms. The van der Waals surface area contributed by atoms with E-state index in [4.69, 9.17) is 4.74 Å². The summed E-state index contributed by atoms with van der Waals surface area (Å²) in [5, 5.41) is 8.72. The molecule has 1 aromatic rings. The van der Waals surface area contributed by atoms with Crippen molar-refractivity contribution in [1.29, 1.82) is 0 Å². The highest BCUT2D eigenvalue weighted by Gasteiger charge is 2.44. The Labute approximate surface area is 168 Å². The number of imide groups is 2. The van der Waals surface area contributed by atoms with E-state index in [-0.39, 0.29) is 24.9 Å². The highest BCUT2D eigenvalue weighted by atomic mass is 16.5. The molecule has 4 rings (SSSR count). The summed E-state index contributed by atoms with van der Waals surface area (Å²) in [7, 11) is 0. The van der Waals surface area contributed by atoms with Gasteiger partial charge in [0.1, 0.15) is 6.04 Å². The van der Waals surface area contributed by atoms with Crippen molar-refractivity contribution < 1.29 is 23.9 Å². The van der Waals surface area contributed by atoms with E-state index in [0.717, 1.165) is 30.0 Å². The normalized spacial score (nSPS) is 24.2. The molecule has 0 bridgehead atoms. The van der Waals surface area contributed by atoms with Gasteiger partial charge in [0.25, 0.3) is 11.8 Å². The van der Waals surface area contributed by atoms with Crippen LogP contribution in [0.1, 0.15) is 45.5 Å². The van der Waals surface area contributed by atoms with E-state index in [9.17, 15) is 19.2 Å². The molecule has 3 aliphatic rings. The van der Waals surface area contributed by atoms with E-state index in [0.29, 0.717) is 30.8 Å². The molecule has 0 spiro atoms. The average Bonchev–Trinajstić information content (AvgIpc) is 3.30. The fourth-order valence-electron chi connectivity index (χ4n) is 3.93. The summed E-state index contributed by atoms with van der Waals surface area (Å²) in [6, 6.07) is 4.17. The number of fused-ring (bicyclic) bond motifs is 1. The predicted octanol–water partition coefficient (Wildman–Crippen LogP) is -0.444. The molecule has 9 nitrogen and oxygen atoms in total. The molecule has 2 saturated heterocycles. The van der Waals surface area contributed by atoms with Crippen LogP contribution < -0.4 is 16.0 Å². The molecule has 154 valence electrons. The lowest BCUT2D eigenvalue weighted by Crippen LogP contribution is -2.54. The minimum Gasteiger partial charge on any atom is -0.376 e. The third kappa shape index (κ3) is 4.07. The quantitative estimate of drug-likeness (QED) is 0.419. The molecule has 1 aromatic carbocycles. The SMILES string of the molecule is O=C1CCC(N2C(=O)c3ccc(CNCCOC4CCNC4)cc3C2=O)C(=O)N1. The highest BCUT2D eigenvalue weighted by Crippen LogP contribution is 2.28. The number of hydrogen-bond acceptors (Lipinski definition) is 7. The van der Waals surface area contributed by atoms with Gasteiger partial charge in [-0.1, -0.05) is 6.07 Å². The first-order valence-corrected chi connectivity index (χ1v) is 9.92. The van der Waals surface area contributed by atoms with E-state index in [1.807, 2.05) is 0 Å². The molecule has 4 amide bonds. The highest BCUT2D eigenvalue weighted by molar-refractivity contribution is 6.23. The zero-order chi connectivity index (χ0) is 20.4. The summed E-state index contributed by atoms with van der Waals surface area (Å²) in [4.78, 5) is 49.9. The van der Waals surface area contributed by atoms with Gasteiger partial charge in [-0.25, -0.2) is 0 Å². The van der Waals surface area contributed by atoms with Gasteiger partial charge in [0.2, 0.25) is 11.8 Å². The topological polar surface area (TPSA) is 117 Å². The number of carbonyl (C=O) groups is 4. The number of rotatable bonds is 7. The molecule has 0 saturated carbocycles. The summed E-state index contributed by atoms with van der Waals surface area (Å²) >= 11 is 0. The van der Waals surface area contributed by atoms with Crippen molar-refractivity contribution in [2.45, 2.75) is 38.0 Å². The Hall–Kier alpha value is -2.62. The van der Waals surface area contributed by atoms with Crippen LogP contribution in [0, 0.1) is 0 Å². The van der Waals surface area contributed by atoms with E-state index >= 15 is 0 Å². The van der Waals surface area contributed by atoms with E-state index in [1.165, 1.54) is 0 Å². The van der Waals surface area contributed by atoms with Gasteiger partial charge in [0.15, 0.2) is 0 Å². The summed E-state index contributed by atoms with van der Waals surface area (Å²) < 4.78 is 5.75. The van der Waals surface area contributed by atoms with Crippen molar-refractivity contribution in [3.63, 3.8) is 0 Å². The predicted molar refractivity (Wildman–Crippen MR) is 102 cm³/mol. The molecule has 3 heterocycles. The molecule has 2 atom stereocenters. The summed E-state index contributed by atoms with van der Waals surface area (Å²) in [6.07, 6.45) is 1.57. The molecule has 3 N–H and O–H groups in total. The second-order valence-electron chi connectivity index (χ2n) is 7.49. The molecule has 2 unspecified atom stereocenters. The lowest BCUT2D eigenvalue weighted by molar-refractivity contribution is -0.136. The van der Waals surface area contributed by atoms with Gasteiger partial charge in [0.05, 0.1) is 23.8 Å². The summed E-state index contributed by atoms with van der Waals surface area (Å²) in [6.45, 7) is 3.72. The molecule has 2 fully saturated rings. The Kier molecular flexibility index (Phi) is 5.70. The van der Waals surface area contributed by atoms with Gasteiger partial charge in [-0.15, -0.1) is 0 Å². The molecule has 0 aromatic heterocycles. The first-order valence-electron chi connectivity index (χ1n) is 9.92. The zero-order valence-electron chi connectivity index (χ0n) is 16.0. The maximum absolute atomic E-state index is 12.8. The zero-order valence-corrected chi connectivity index (χ0v) is 16.0. The number of hydrogen-bond donors (Lipinski definition) is 3. The summed E-state index contributed by atoms with van der Waals surface area (Å²) in [5.74, 6) is -1.96. The average molecular weight is 400 g/mol. The number of nitrogens with one attached hydrogen (secondary N) is 3. The second kappa shape index (κ2) is 8.40. The summed E-state index contributed by atoms with van der Waals surface area (Å²) in [5.41, 5.74) is 1.46. The molecule has 0 aliphatic carbocycles. The third-order valence-corrected chi connectivity index (χ3v) is 5.48. The number of amides is 4. The van der Waals surface area contributed by atoms with E-state index in [2.05, 4.69) is 16.0 Å². The van der Waals surface area contributed by atoms with Crippen molar-refractivity contribution in [3.05, 3.63) is 34.9 Å². The van der Waals surface area contributed by atoms with E-state index < -0.39 is 23.8 Å². The number of benzene rings is 1. The number of carbonyl (C=O) groups excluding carboxylic acids is 4. The smallest absolute Gasteiger partial charge is 0.262 e. The van der Waals surface area contributed by atoms with Gasteiger partial charge in [-0.05, 0) is 37.1 Å². The van der Waals surface area contributed by atoms with Crippen molar-refractivity contribution in [2.24, 2.45) is 0 Å². The lowest BCUT2D eigenvalue weighted by Gasteiger charge is -2.27. The van der Waals surface area contributed by atoms with Gasteiger partial charge in [-0.3, -0.25) is 29.4 Å². The van der Waals surface area contributed by atoms with Gasteiger partial charge < -0.3 is 15.4 Å². The van der Waals surface area contributed by atoms with Crippen LogP contribution in [-0.4, -0.2) is 66.9 Å². The van der Waals surface area contributed by atoms with Crippen LogP contribution in [0.2, 0.25) is 0 Å². The molecule has 3 aliphatic heterocycles. The third-order valence-electron chi connectivity index (χ3n) is 5.48. The minimum atomic E-state index is -0.941. The number of ether oxygens (including phenoxy) is 1. The van der Waals surface area contributed by atoms with Crippen LogP contribution in [0.15, 0.2) is 18.2 Å². The van der Waals surface area contributed by atoms with Crippen LogP contribution in [0.4, 0.5) is 0 Å². The minimum absolute atomic E-state index is 0.109. The molecule has 29 heavy (non-hydrogen) atoms. The second-order valence-corrected chi connectivity index (χ2v) is 7.49. The monoisotopic (exact) mass is 400 g/mol. The Morgan fingerprint density at radius 3 is 2.69 bits per heavy atom. The van der Waals surface area contributed by atoms with Crippen molar-refractivity contribution in [3.8, 4) is 0 Å². The Bertz CT molecular complexity index is 849. The first kappa shape index (κ1) is 19.7. The van der Waals surface area contributed by atoms with Crippen molar-refractivity contribution in [2.75, 3.05) is 26.2 Å². The Morgan fingerprint density at radius 2 is 1.93 bits per heavy atom. The van der Waals surface area contributed by atoms with E-state index in [1.54, 1.807) is 18.2 Å². The van der Waals surface area contributed by atoms with Crippen LogP contribution in [-0.2, 0) is 20.9 Å². The van der Waals surface area contributed by atoms with Crippen LogP contribution in [0.5, 0.6) is 0 Å². The number of nitrogens with zero attached hydrogens (tertiary/aromatic N) is 1. The van der Waals surface area contributed by atoms with Crippen LogP contribution >= 0.6 is 0 Å². The van der Waals surface area contributed by atoms with Crippen LogP contribution in [0.25, 0.3) is 0 Å². The largest absolute Gasteiger partial charge is 0.376 e. The fourth-order valence-corrected chi connectivity index (χ4v) is 3.93. The molecular weight excluding hydrogens is 376 g/mol. The van der Waals surface area contributed by atoms with Crippen molar-refractivity contribution >= 4 is 23.6 Å². The first-order chi connectivity index (χ1) is 14.0. The van der Waals surface area contributed by atoms with Gasteiger partial charge in [-0.2, -0.15) is 0 Å². The van der Waals surface area contributed by atoms with Crippen molar-refractivity contribution in [1.82, 2.24) is 20.9 Å².